The second-order valence-electron chi connectivity index (χ2n) is 8.47. The molecule has 2 unspecified atom stereocenters. The molecule has 2 aliphatic rings. The molecule has 2 heterocycles. The summed E-state index contributed by atoms with van der Waals surface area (Å²) in [7, 11) is 1.59. The molecule has 0 saturated carbocycles. The van der Waals surface area contributed by atoms with Gasteiger partial charge in [0.25, 0.3) is 11.7 Å². The fourth-order valence-electron chi connectivity index (χ4n) is 4.49. The molecule has 34 heavy (non-hydrogen) atoms. The van der Waals surface area contributed by atoms with Crippen molar-refractivity contribution in [1.82, 2.24) is 4.90 Å². The predicted octanol–water partition coefficient (Wildman–Crippen LogP) is 4.03. The zero-order chi connectivity index (χ0) is 24.2. The van der Waals surface area contributed by atoms with Gasteiger partial charge in [-0.15, -0.1) is 0 Å². The first-order valence-electron chi connectivity index (χ1n) is 11.4. The van der Waals surface area contributed by atoms with Crippen molar-refractivity contribution in [2.75, 3.05) is 26.9 Å². The van der Waals surface area contributed by atoms with Gasteiger partial charge in [0.05, 0.1) is 11.6 Å². The molecule has 4 rings (SSSR count). The molecule has 7 nitrogen and oxygen atoms in total. The van der Waals surface area contributed by atoms with Gasteiger partial charge in [-0.05, 0) is 54.8 Å². The van der Waals surface area contributed by atoms with Gasteiger partial charge in [-0.2, -0.15) is 0 Å². The zero-order valence-electron chi connectivity index (χ0n) is 19.5. The number of ketones is 1. The summed E-state index contributed by atoms with van der Waals surface area (Å²) in [6, 6.07) is 11.8. The summed E-state index contributed by atoms with van der Waals surface area (Å²) in [5, 5.41) is 11.3. The first kappa shape index (κ1) is 23.6. The fraction of sp³-hybridized carbons (Fsp3) is 0.333. The van der Waals surface area contributed by atoms with Crippen LogP contribution in [0.4, 0.5) is 0 Å². The van der Waals surface area contributed by atoms with Gasteiger partial charge in [-0.25, -0.2) is 0 Å². The predicted molar refractivity (Wildman–Crippen MR) is 128 cm³/mol. The molecule has 1 N–H and O–H groups in total. The Kier molecular flexibility index (Phi) is 7.03. The van der Waals surface area contributed by atoms with Gasteiger partial charge in [-0.3, -0.25) is 9.59 Å². The highest BCUT2D eigenvalue weighted by Crippen LogP contribution is 2.41. The minimum absolute atomic E-state index is 0.0528. The Labute approximate surface area is 199 Å². The number of carbonyl (C=O) groups is 2. The average molecular weight is 464 g/mol. The Hall–Kier alpha value is -3.58. The van der Waals surface area contributed by atoms with Gasteiger partial charge in [0, 0.05) is 32.2 Å². The maximum Gasteiger partial charge on any atom is 0.295 e. The molecule has 2 aromatic rings. The largest absolute Gasteiger partial charge is 0.507 e. The quantitative estimate of drug-likeness (QED) is 0.199. The molecule has 178 valence electrons. The topological polar surface area (TPSA) is 85.3 Å². The summed E-state index contributed by atoms with van der Waals surface area (Å²) in [4.78, 5) is 27.7. The van der Waals surface area contributed by atoms with Crippen LogP contribution in [0.25, 0.3) is 5.76 Å². The lowest BCUT2D eigenvalue weighted by atomic mass is 9.94. The normalized spacial score (nSPS) is 20.8. The summed E-state index contributed by atoms with van der Waals surface area (Å²) in [5.41, 5.74) is 2.19. The highest BCUT2D eigenvalue weighted by molar-refractivity contribution is 6.46. The second-order valence-corrected chi connectivity index (χ2v) is 8.47. The fourth-order valence-corrected chi connectivity index (χ4v) is 4.49. The average Bonchev–Trinajstić information content (AvgIpc) is 3.33. The van der Waals surface area contributed by atoms with E-state index in [1.54, 1.807) is 43.5 Å². The molecule has 7 heteroatoms. The molecule has 2 aromatic carbocycles. The van der Waals surface area contributed by atoms with Gasteiger partial charge < -0.3 is 24.2 Å². The van der Waals surface area contributed by atoms with E-state index in [-0.39, 0.29) is 17.4 Å². The number of aliphatic hydroxyl groups is 1. The van der Waals surface area contributed by atoms with Gasteiger partial charge in [-0.1, -0.05) is 24.8 Å². The van der Waals surface area contributed by atoms with Crippen LogP contribution in [-0.2, 0) is 20.7 Å². The third-order valence-corrected chi connectivity index (χ3v) is 6.00. The Balaban J connectivity index is 1.79. The number of Topliss-reactive ketones (excluding diaryl/α,β-unsaturated/α-hetero) is 1. The van der Waals surface area contributed by atoms with E-state index in [9.17, 15) is 14.7 Å². The maximum atomic E-state index is 13.2. The van der Waals surface area contributed by atoms with Crippen LogP contribution < -0.4 is 9.47 Å². The number of carbonyl (C=O) groups excluding carboxylic acids is 2. The molecule has 2 atom stereocenters. The number of aliphatic hydroxyl groups excluding tert-OH is 1. The zero-order valence-corrected chi connectivity index (χ0v) is 19.5. The number of hydrogen-bond donors (Lipinski definition) is 1. The number of methoxy groups -OCH3 is 1. The Bertz CT molecular complexity index is 1140. The smallest absolute Gasteiger partial charge is 0.295 e. The molecule has 1 fully saturated rings. The van der Waals surface area contributed by atoms with Crippen molar-refractivity contribution >= 4 is 17.4 Å². The Morgan fingerprint density at radius 2 is 2.09 bits per heavy atom. The minimum Gasteiger partial charge on any atom is -0.507 e. The third-order valence-electron chi connectivity index (χ3n) is 6.00. The van der Waals surface area contributed by atoms with Crippen LogP contribution in [0, 0.1) is 0 Å². The van der Waals surface area contributed by atoms with Crippen LogP contribution in [0.3, 0.4) is 0 Å². The van der Waals surface area contributed by atoms with Crippen molar-refractivity contribution in [1.29, 1.82) is 0 Å². The maximum absolute atomic E-state index is 13.2. The number of rotatable bonds is 9. The molecule has 1 saturated heterocycles. The van der Waals surface area contributed by atoms with E-state index in [0.29, 0.717) is 49.5 Å². The van der Waals surface area contributed by atoms with E-state index in [0.717, 1.165) is 11.3 Å². The van der Waals surface area contributed by atoms with Gasteiger partial charge in [0.15, 0.2) is 0 Å². The number of benzene rings is 2. The van der Waals surface area contributed by atoms with Crippen LogP contribution in [-0.4, -0.2) is 54.7 Å². The number of fused-ring (bicyclic) bond motifs is 1. The second kappa shape index (κ2) is 10.1. The van der Waals surface area contributed by atoms with Crippen molar-refractivity contribution in [3.8, 4) is 11.5 Å². The monoisotopic (exact) mass is 463 g/mol. The lowest BCUT2D eigenvalue weighted by molar-refractivity contribution is -0.140. The van der Waals surface area contributed by atoms with Gasteiger partial charge in [0.2, 0.25) is 0 Å². The first-order chi connectivity index (χ1) is 16.4. The van der Waals surface area contributed by atoms with Crippen molar-refractivity contribution in [3.05, 3.63) is 77.4 Å². The number of ether oxygens (including phenoxy) is 3. The van der Waals surface area contributed by atoms with Crippen LogP contribution in [0.15, 0.2) is 60.7 Å². The van der Waals surface area contributed by atoms with Gasteiger partial charge in [0.1, 0.15) is 30.0 Å². The number of hydrogen-bond acceptors (Lipinski definition) is 6. The van der Waals surface area contributed by atoms with E-state index < -0.39 is 17.7 Å². The Morgan fingerprint density at radius 1 is 1.26 bits per heavy atom. The summed E-state index contributed by atoms with van der Waals surface area (Å²) in [6.45, 7) is 6.73. The molecule has 0 aliphatic carbocycles. The lowest BCUT2D eigenvalue weighted by Crippen LogP contribution is -2.31. The summed E-state index contributed by atoms with van der Waals surface area (Å²) in [6.07, 6.45) is 2.97. The molecule has 0 radical (unpaired) electrons. The van der Waals surface area contributed by atoms with Crippen molar-refractivity contribution in [2.45, 2.75) is 31.9 Å². The standard InChI is InChI=1S/C27H29NO6/c1-4-12-33-21-8-5-7-18(16-21)24-23(26(30)27(31)28(24)11-6-13-32-3)25(29)19-9-10-22-20(15-19)14-17(2)34-22/h4-5,7-10,15-17,24,29H,1,6,11-14H2,2-3H3. The summed E-state index contributed by atoms with van der Waals surface area (Å²) < 4.78 is 16.6. The summed E-state index contributed by atoms with van der Waals surface area (Å²) in [5.74, 6) is -0.186. The van der Waals surface area contributed by atoms with Crippen LogP contribution in [0.5, 0.6) is 11.5 Å². The van der Waals surface area contributed by atoms with Crippen molar-refractivity contribution in [2.24, 2.45) is 0 Å². The van der Waals surface area contributed by atoms with Crippen LogP contribution in [0.1, 0.15) is 36.1 Å². The Morgan fingerprint density at radius 3 is 2.85 bits per heavy atom. The molecule has 0 bridgehead atoms. The van der Waals surface area contributed by atoms with Crippen LogP contribution in [0.2, 0.25) is 0 Å². The first-order valence-corrected chi connectivity index (χ1v) is 11.4. The van der Waals surface area contributed by atoms with Crippen molar-refractivity contribution in [3.63, 3.8) is 0 Å². The van der Waals surface area contributed by atoms with E-state index in [1.807, 2.05) is 19.1 Å². The van der Waals surface area contributed by atoms with Crippen molar-refractivity contribution < 1.29 is 28.9 Å². The van der Waals surface area contributed by atoms with E-state index >= 15 is 0 Å². The summed E-state index contributed by atoms with van der Waals surface area (Å²) >= 11 is 0. The highest BCUT2D eigenvalue weighted by Gasteiger charge is 2.46. The number of amides is 1. The number of nitrogens with zero attached hydrogens (tertiary/aromatic N) is 1. The third kappa shape index (κ3) is 4.56. The van der Waals surface area contributed by atoms with E-state index in [2.05, 4.69) is 6.58 Å². The molecule has 1 amide bonds. The molecule has 2 aliphatic heterocycles. The van der Waals surface area contributed by atoms with E-state index in [4.69, 9.17) is 14.2 Å². The minimum atomic E-state index is -0.743. The molecule has 0 spiro atoms. The highest BCUT2D eigenvalue weighted by atomic mass is 16.5. The van der Waals surface area contributed by atoms with Crippen LogP contribution >= 0.6 is 0 Å². The molecule has 0 aromatic heterocycles. The molecular weight excluding hydrogens is 434 g/mol. The SMILES string of the molecule is C=CCOc1cccc(C2C(=C(O)c3ccc4c(c3)CC(C)O4)C(=O)C(=O)N2CCCOC)c1. The lowest BCUT2D eigenvalue weighted by Gasteiger charge is -2.25. The van der Waals surface area contributed by atoms with Gasteiger partial charge >= 0.3 is 0 Å². The molecular formula is C27H29NO6. The van der Waals surface area contributed by atoms with E-state index in [1.165, 1.54) is 4.90 Å². The number of likely N-dealkylation sites (tertiary alicyclic amines) is 1.